The molecular weight excluding hydrogens is 494 g/mol. The molecule has 0 atom stereocenters. The fraction of sp³-hybridized carbons (Fsp3) is 0.621. The maximum Gasteiger partial charge on any atom is 0.309 e. The van der Waals surface area contributed by atoms with E-state index in [0.29, 0.717) is 34.8 Å². The second-order valence-corrected chi connectivity index (χ2v) is 11.9. The molecule has 2 amide bonds. The van der Waals surface area contributed by atoms with Crippen LogP contribution in [-0.4, -0.2) is 110 Å². The fourth-order valence-electron chi connectivity index (χ4n) is 6.52. The van der Waals surface area contributed by atoms with Crippen LogP contribution in [0.15, 0.2) is 34.7 Å². The van der Waals surface area contributed by atoms with Gasteiger partial charge in [-0.2, -0.15) is 4.99 Å². The van der Waals surface area contributed by atoms with E-state index < -0.39 is 0 Å². The van der Waals surface area contributed by atoms with Crippen molar-refractivity contribution in [3.8, 4) is 5.75 Å². The molecule has 4 heterocycles. The first kappa shape index (κ1) is 26.1. The number of likely N-dealkylation sites (tertiary alicyclic amines) is 1. The summed E-state index contributed by atoms with van der Waals surface area (Å²) in [5.41, 5.74) is 2.44. The summed E-state index contributed by atoms with van der Waals surface area (Å²) in [5, 5.41) is 6.79. The molecule has 10 heteroatoms. The highest BCUT2D eigenvalue weighted by Crippen LogP contribution is 2.39. The lowest BCUT2D eigenvalue weighted by Crippen LogP contribution is -2.48. The van der Waals surface area contributed by atoms with Crippen LogP contribution in [0, 0.1) is 0 Å². The van der Waals surface area contributed by atoms with Gasteiger partial charge in [-0.1, -0.05) is 12.8 Å². The Morgan fingerprint density at radius 2 is 1.82 bits per heavy atom. The molecule has 2 saturated heterocycles. The van der Waals surface area contributed by atoms with Gasteiger partial charge in [0.1, 0.15) is 31.1 Å². The van der Waals surface area contributed by atoms with E-state index in [0.717, 1.165) is 81.6 Å². The van der Waals surface area contributed by atoms with Crippen molar-refractivity contribution in [1.82, 2.24) is 20.0 Å². The number of rotatable bonds is 5. The highest BCUT2D eigenvalue weighted by Gasteiger charge is 2.54. The molecule has 1 aliphatic carbocycles. The van der Waals surface area contributed by atoms with Gasteiger partial charge in [-0.05, 0) is 64.0 Å². The van der Waals surface area contributed by atoms with Crippen LogP contribution in [0.2, 0.25) is 0 Å². The SMILES string of the molecule is COc1cc(C(=O)NC2CCN(C)CC2)ccc1NC1=NC2=C(C[N+]13CC3)N(C)C(=O)CCN2C1CCCC1. The van der Waals surface area contributed by atoms with Crippen LogP contribution in [0.25, 0.3) is 0 Å². The number of hydrogen-bond donors (Lipinski definition) is 2. The van der Waals surface area contributed by atoms with E-state index in [2.05, 4.69) is 27.5 Å². The smallest absolute Gasteiger partial charge is 0.309 e. The molecule has 210 valence electrons. The Morgan fingerprint density at radius 1 is 1.08 bits per heavy atom. The maximum atomic E-state index is 13.0. The van der Waals surface area contributed by atoms with E-state index in [9.17, 15) is 9.59 Å². The number of carbonyl (C=O) groups is 2. The molecule has 10 nitrogen and oxygen atoms in total. The number of quaternary nitrogens is 1. The van der Waals surface area contributed by atoms with Crippen molar-refractivity contribution in [2.45, 2.75) is 57.0 Å². The third-order valence-electron chi connectivity index (χ3n) is 9.28. The highest BCUT2D eigenvalue weighted by molar-refractivity contribution is 5.97. The molecule has 6 rings (SSSR count). The first-order valence-corrected chi connectivity index (χ1v) is 14.5. The number of hydrogen-bond acceptors (Lipinski definition) is 7. The van der Waals surface area contributed by atoms with Crippen molar-refractivity contribution in [3.05, 3.63) is 35.3 Å². The summed E-state index contributed by atoms with van der Waals surface area (Å²) >= 11 is 0. The molecule has 1 spiro atoms. The summed E-state index contributed by atoms with van der Waals surface area (Å²) < 4.78 is 6.45. The first-order valence-electron chi connectivity index (χ1n) is 14.5. The normalized spacial score (nSPS) is 24.0. The molecule has 0 radical (unpaired) electrons. The van der Waals surface area contributed by atoms with Crippen LogP contribution in [0.4, 0.5) is 5.69 Å². The lowest BCUT2D eigenvalue weighted by atomic mass is 10.0. The van der Waals surface area contributed by atoms with Gasteiger partial charge >= 0.3 is 5.96 Å². The Kier molecular flexibility index (Phi) is 7.01. The summed E-state index contributed by atoms with van der Waals surface area (Å²) in [6, 6.07) is 6.24. The number of guanidine groups is 1. The van der Waals surface area contributed by atoms with Crippen molar-refractivity contribution in [2.75, 3.05) is 65.8 Å². The number of benzene rings is 1. The number of anilines is 1. The fourth-order valence-corrected chi connectivity index (χ4v) is 6.52. The van der Waals surface area contributed by atoms with Crippen LogP contribution in [-0.2, 0) is 4.79 Å². The van der Waals surface area contributed by atoms with Crippen LogP contribution < -0.4 is 15.4 Å². The molecule has 0 aromatic heterocycles. The third kappa shape index (κ3) is 5.12. The minimum atomic E-state index is -0.0629. The van der Waals surface area contributed by atoms with Crippen molar-refractivity contribution in [3.63, 3.8) is 0 Å². The number of nitrogens with one attached hydrogen (secondary N) is 2. The van der Waals surface area contributed by atoms with Crippen molar-refractivity contribution in [1.29, 1.82) is 0 Å². The van der Waals surface area contributed by atoms with Gasteiger partial charge in [0.05, 0.1) is 12.8 Å². The predicted molar refractivity (Wildman–Crippen MR) is 150 cm³/mol. The van der Waals surface area contributed by atoms with Crippen LogP contribution >= 0.6 is 0 Å². The van der Waals surface area contributed by atoms with Gasteiger partial charge in [-0.3, -0.25) is 14.9 Å². The minimum absolute atomic E-state index is 0.0629. The summed E-state index contributed by atoms with van der Waals surface area (Å²) in [6.07, 6.45) is 7.23. The molecule has 1 aromatic carbocycles. The molecule has 0 bridgehead atoms. The van der Waals surface area contributed by atoms with E-state index in [-0.39, 0.29) is 17.9 Å². The molecular formula is C29H42N7O3+. The van der Waals surface area contributed by atoms with Gasteiger partial charge in [0.25, 0.3) is 5.91 Å². The minimum Gasteiger partial charge on any atom is -0.495 e. The van der Waals surface area contributed by atoms with Gasteiger partial charge in [0.2, 0.25) is 5.91 Å². The van der Waals surface area contributed by atoms with Gasteiger partial charge in [0.15, 0.2) is 5.82 Å². The molecule has 0 unspecified atom stereocenters. The highest BCUT2D eigenvalue weighted by atomic mass is 16.5. The van der Waals surface area contributed by atoms with Gasteiger partial charge in [-0.25, -0.2) is 4.48 Å². The standard InChI is InChI=1S/C29H41N7O3/c1-33-13-10-21(11-14-33)30-28(38)20-8-9-23(25(18-20)39-3)31-29-32-27-24(19-36(29)16-17-36)34(2)26(37)12-15-35(27)22-6-4-5-7-22/h8-9,18,21-22H,4-7,10-17,19H2,1-3H3,(H-,30,31,32,38)/p+1. The zero-order valence-electron chi connectivity index (χ0n) is 23.5. The summed E-state index contributed by atoms with van der Waals surface area (Å²) in [5.74, 6) is 2.56. The average Bonchev–Trinajstić information content (AvgIpc) is 3.53. The molecule has 3 fully saturated rings. The Bertz CT molecular complexity index is 1190. The van der Waals surface area contributed by atoms with Gasteiger partial charge < -0.3 is 24.8 Å². The largest absolute Gasteiger partial charge is 0.495 e. The number of piperidine rings is 1. The zero-order valence-corrected chi connectivity index (χ0v) is 23.5. The monoisotopic (exact) mass is 536 g/mol. The van der Waals surface area contributed by atoms with E-state index in [1.54, 1.807) is 7.11 Å². The second kappa shape index (κ2) is 10.5. The molecule has 4 aliphatic heterocycles. The summed E-state index contributed by atoms with van der Waals surface area (Å²) in [6.45, 7) is 5.43. The number of ether oxygens (including phenoxy) is 1. The van der Waals surface area contributed by atoms with Crippen molar-refractivity contribution in [2.24, 2.45) is 4.99 Å². The van der Waals surface area contributed by atoms with E-state index >= 15 is 0 Å². The topological polar surface area (TPSA) is 89.5 Å². The Balaban J connectivity index is 1.26. The second-order valence-electron chi connectivity index (χ2n) is 11.9. The lowest BCUT2D eigenvalue weighted by molar-refractivity contribution is -0.696. The van der Waals surface area contributed by atoms with E-state index in [1.165, 1.54) is 12.8 Å². The number of likely N-dealkylation sites (N-methyl/N-ethyl adjacent to an activating group) is 1. The molecule has 2 N–H and O–H groups in total. The van der Waals surface area contributed by atoms with Crippen molar-refractivity contribution >= 4 is 23.5 Å². The van der Waals surface area contributed by atoms with Crippen LogP contribution in [0.3, 0.4) is 0 Å². The molecule has 5 aliphatic rings. The summed E-state index contributed by atoms with van der Waals surface area (Å²) in [7, 11) is 5.66. The maximum absolute atomic E-state index is 13.0. The van der Waals surface area contributed by atoms with E-state index in [1.807, 2.05) is 30.1 Å². The quantitative estimate of drug-likeness (QED) is 0.444. The Morgan fingerprint density at radius 3 is 2.51 bits per heavy atom. The van der Waals surface area contributed by atoms with Gasteiger partial charge in [-0.15, -0.1) is 0 Å². The van der Waals surface area contributed by atoms with Crippen LogP contribution in [0.1, 0.15) is 55.3 Å². The summed E-state index contributed by atoms with van der Waals surface area (Å²) in [4.78, 5) is 37.7. The van der Waals surface area contributed by atoms with Crippen LogP contribution in [0.5, 0.6) is 5.75 Å². The van der Waals surface area contributed by atoms with Gasteiger partial charge in [0, 0.05) is 37.7 Å². The lowest BCUT2D eigenvalue weighted by Gasteiger charge is -2.35. The third-order valence-corrected chi connectivity index (χ3v) is 9.28. The van der Waals surface area contributed by atoms with Crippen molar-refractivity contribution < 1.29 is 18.8 Å². The number of aliphatic imine (C=N–C) groups is 1. The van der Waals surface area contributed by atoms with E-state index in [4.69, 9.17) is 9.73 Å². The molecule has 39 heavy (non-hydrogen) atoms. The molecule has 1 aromatic rings. The molecule has 1 saturated carbocycles. The average molecular weight is 537 g/mol. The Labute approximate surface area is 231 Å². The number of carbonyl (C=O) groups excluding carboxylic acids is 2. The Hall–Kier alpha value is -3.11. The number of nitrogens with zero attached hydrogens (tertiary/aromatic N) is 5. The predicted octanol–water partition coefficient (Wildman–Crippen LogP) is 2.41. The number of methoxy groups -OCH3 is 1. The zero-order chi connectivity index (χ0) is 27.1. The first-order chi connectivity index (χ1) is 18.9. The number of amides is 2.